The van der Waals surface area contributed by atoms with E-state index in [0.29, 0.717) is 5.02 Å². The highest BCUT2D eigenvalue weighted by Gasteiger charge is 2.25. The summed E-state index contributed by atoms with van der Waals surface area (Å²) in [4.78, 5) is 2.57. The summed E-state index contributed by atoms with van der Waals surface area (Å²) in [7, 11) is 0. The summed E-state index contributed by atoms with van der Waals surface area (Å²) < 4.78 is 41.6. The van der Waals surface area contributed by atoms with Crippen molar-refractivity contribution in [2.24, 2.45) is 0 Å². The zero-order chi connectivity index (χ0) is 16.4. The molecule has 0 unspecified atom stereocenters. The molecule has 0 spiro atoms. The normalized spacial score (nSPS) is 9.95. The van der Waals surface area contributed by atoms with Crippen molar-refractivity contribution in [1.82, 2.24) is 0 Å². The van der Waals surface area contributed by atoms with Gasteiger partial charge in [-0.05, 0) is 24.6 Å². The van der Waals surface area contributed by atoms with Gasteiger partial charge in [0.15, 0.2) is 17.5 Å². The van der Waals surface area contributed by atoms with Crippen LogP contribution in [-0.2, 0) is 0 Å². The largest absolute Gasteiger partial charge is 0.352 e. The maximum absolute atomic E-state index is 14.0. The van der Waals surface area contributed by atoms with Crippen LogP contribution in [0.1, 0.15) is 11.1 Å². The zero-order valence-electron chi connectivity index (χ0n) is 11.1. The third-order valence-electron chi connectivity index (χ3n) is 2.96. The second-order valence-electron chi connectivity index (χ2n) is 4.35. The molecule has 2 aromatic rings. The Morgan fingerprint density at radius 1 is 1.23 bits per heavy atom. The van der Waals surface area contributed by atoms with Crippen molar-refractivity contribution >= 4 is 28.7 Å². The standard InChI is InChI=1S/C15H7ClF3N3/c1-7-3-4-8(5-10(7)16)22-14-9(6-20)11(17)15(21-2)13(19)12(14)18/h3-5,22H,1H3. The number of nitriles is 1. The van der Waals surface area contributed by atoms with Gasteiger partial charge in [0.05, 0.1) is 12.3 Å². The van der Waals surface area contributed by atoms with Crippen LogP contribution in [0.4, 0.5) is 30.2 Å². The lowest BCUT2D eigenvalue weighted by Gasteiger charge is -2.13. The van der Waals surface area contributed by atoms with Crippen LogP contribution >= 0.6 is 11.6 Å². The molecule has 1 N–H and O–H groups in total. The molecule has 3 nitrogen and oxygen atoms in total. The predicted molar refractivity (Wildman–Crippen MR) is 76.8 cm³/mol. The minimum Gasteiger partial charge on any atom is -0.352 e. The summed E-state index contributed by atoms with van der Waals surface area (Å²) in [6.45, 7) is 8.42. The Bertz CT molecular complexity index is 851. The molecule has 110 valence electrons. The maximum atomic E-state index is 14.0. The number of nitrogens with zero attached hydrogens (tertiary/aromatic N) is 2. The second kappa shape index (κ2) is 5.97. The Kier molecular flexibility index (Phi) is 4.25. The number of halogens is 4. The number of anilines is 2. The molecule has 0 aliphatic rings. The number of hydrogen-bond donors (Lipinski definition) is 1. The van der Waals surface area contributed by atoms with Gasteiger partial charge in [0, 0.05) is 10.7 Å². The molecule has 7 heteroatoms. The Morgan fingerprint density at radius 2 is 1.91 bits per heavy atom. The van der Waals surface area contributed by atoms with Crippen LogP contribution in [0, 0.1) is 42.3 Å². The van der Waals surface area contributed by atoms with Crippen molar-refractivity contribution in [3.8, 4) is 6.07 Å². The maximum Gasteiger partial charge on any atom is 0.261 e. The summed E-state index contributed by atoms with van der Waals surface area (Å²) in [5, 5.41) is 11.8. The van der Waals surface area contributed by atoms with Crippen LogP contribution in [0.2, 0.25) is 5.02 Å². The Balaban J connectivity index is 2.63. The fourth-order valence-electron chi connectivity index (χ4n) is 1.78. The minimum atomic E-state index is -1.65. The first-order chi connectivity index (χ1) is 10.4. The van der Waals surface area contributed by atoms with Crippen LogP contribution in [0.3, 0.4) is 0 Å². The molecule has 0 aliphatic carbocycles. The molecular formula is C15H7ClF3N3. The molecule has 0 bridgehead atoms. The Hall–Kier alpha value is -2.70. The van der Waals surface area contributed by atoms with Gasteiger partial charge in [-0.3, -0.25) is 0 Å². The highest BCUT2D eigenvalue weighted by atomic mass is 35.5. The number of aryl methyl sites for hydroxylation is 1. The van der Waals surface area contributed by atoms with E-state index in [1.807, 2.05) is 0 Å². The molecule has 0 radical (unpaired) electrons. The molecule has 22 heavy (non-hydrogen) atoms. The number of nitrogens with one attached hydrogen (secondary N) is 1. The van der Waals surface area contributed by atoms with E-state index in [2.05, 4.69) is 10.2 Å². The van der Waals surface area contributed by atoms with E-state index in [-0.39, 0.29) is 5.69 Å². The summed E-state index contributed by atoms with van der Waals surface area (Å²) in [6, 6.07) is 5.99. The SMILES string of the molecule is [C-]#[N+]c1c(F)c(F)c(Nc2ccc(C)c(Cl)c2)c(C#N)c1F. The third-order valence-corrected chi connectivity index (χ3v) is 3.37. The molecule has 0 fully saturated rings. The first-order valence-electron chi connectivity index (χ1n) is 5.91. The van der Waals surface area contributed by atoms with E-state index >= 15 is 0 Å². The summed E-state index contributed by atoms with van der Waals surface area (Å²) in [5.41, 5.74) is -1.60. The van der Waals surface area contributed by atoms with Gasteiger partial charge in [-0.15, -0.1) is 0 Å². The highest BCUT2D eigenvalue weighted by molar-refractivity contribution is 6.31. The van der Waals surface area contributed by atoms with Gasteiger partial charge in [-0.1, -0.05) is 17.7 Å². The average molecular weight is 322 g/mol. The molecule has 0 saturated carbocycles. The molecule has 0 amide bonds. The van der Waals surface area contributed by atoms with Crippen LogP contribution in [0.5, 0.6) is 0 Å². The van der Waals surface area contributed by atoms with Crippen molar-refractivity contribution < 1.29 is 13.2 Å². The summed E-state index contributed by atoms with van der Waals surface area (Å²) in [6.07, 6.45) is 0. The summed E-state index contributed by atoms with van der Waals surface area (Å²) in [5.74, 6) is -4.55. The molecule has 0 heterocycles. The minimum absolute atomic E-state index is 0.250. The van der Waals surface area contributed by atoms with Gasteiger partial charge in [0.1, 0.15) is 11.6 Å². The second-order valence-corrected chi connectivity index (χ2v) is 4.76. The van der Waals surface area contributed by atoms with Gasteiger partial charge in [-0.2, -0.15) is 5.26 Å². The van der Waals surface area contributed by atoms with E-state index in [1.165, 1.54) is 18.2 Å². The fourth-order valence-corrected chi connectivity index (χ4v) is 1.96. The lowest BCUT2D eigenvalue weighted by atomic mass is 10.1. The molecule has 0 aromatic heterocycles. The first-order valence-corrected chi connectivity index (χ1v) is 6.29. The van der Waals surface area contributed by atoms with E-state index in [0.717, 1.165) is 5.56 Å². The van der Waals surface area contributed by atoms with Crippen molar-refractivity contribution in [2.75, 3.05) is 5.32 Å². The number of hydrogen-bond acceptors (Lipinski definition) is 2. The number of rotatable bonds is 2. The van der Waals surface area contributed by atoms with Crippen LogP contribution < -0.4 is 5.32 Å². The van der Waals surface area contributed by atoms with Gasteiger partial charge in [0.2, 0.25) is 0 Å². The van der Waals surface area contributed by atoms with Crippen molar-refractivity contribution in [3.05, 3.63) is 63.2 Å². The van der Waals surface area contributed by atoms with E-state index in [1.54, 1.807) is 13.0 Å². The quantitative estimate of drug-likeness (QED) is 0.607. The van der Waals surface area contributed by atoms with Crippen LogP contribution in [0.15, 0.2) is 18.2 Å². The molecular weight excluding hydrogens is 315 g/mol. The molecule has 2 rings (SSSR count). The highest BCUT2D eigenvalue weighted by Crippen LogP contribution is 2.36. The first kappa shape index (κ1) is 15.7. The molecule has 2 aromatic carbocycles. The number of benzene rings is 2. The predicted octanol–water partition coefficient (Wildman–Crippen LogP) is 5.23. The van der Waals surface area contributed by atoms with Crippen molar-refractivity contribution in [2.45, 2.75) is 6.92 Å². The van der Waals surface area contributed by atoms with Gasteiger partial charge in [-0.25, -0.2) is 18.0 Å². The fraction of sp³-hybridized carbons (Fsp3) is 0.0667. The Labute approximate surface area is 129 Å². The molecule has 0 atom stereocenters. The van der Waals surface area contributed by atoms with Crippen LogP contribution in [-0.4, -0.2) is 0 Å². The molecule has 0 aliphatic heterocycles. The lowest BCUT2D eigenvalue weighted by molar-refractivity contribution is 0.504. The Morgan fingerprint density at radius 3 is 2.45 bits per heavy atom. The van der Waals surface area contributed by atoms with Crippen molar-refractivity contribution in [1.29, 1.82) is 5.26 Å². The van der Waals surface area contributed by atoms with Gasteiger partial charge < -0.3 is 5.32 Å². The van der Waals surface area contributed by atoms with E-state index in [4.69, 9.17) is 23.4 Å². The van der Waals surface area contributed by atoms with E-state index < -0.39 is 34.4 Å². The van der Waals surface area contributed by atoms with Gasteiger partial charge >= 0.3 is 0 Å². The van der Waals surface area contributed by atoms with E-state index in [9.17, 15) is 13.2 Å². The lowest BCUT2D eigenvalue weighted by Crippen LogP contribution is -2.03. The zero-order valence-corrected chi connectivity index (χ0v) is 11.9. The smallest absolute Gasteiger partial charge is 0.261 e. The third kappa shape index (κ3) is 2.57. The van der Waals surface area contributed by atoms with Crippen molar-refractivity contribution in [3.63, 3.8) is 0 Å². The topological polar surface area (TPSA) is 40.2 Å². The summed E-state index contributed by atoms with van der Waals surface area (Å²) >= 11 is 5.92. The average Bonchev–Trinajstić information content (AvgIpc) is 2.49. The van der Waals surface area contributed by atoms with Crippen LogP contribution in [0.25, 0.3) is 4.85 Å². The van der Waals surface area contributed by atoms with Gasteiger partial charge in [0.25, 0.3) is 5.69 Å². The monoisotopic (exact) mass is 321 g/mol. The molecule has 0 saturated heterocycles.